The van der Waals surface area contributed by atoms with Crippen molar-refractivity contribution in [1.82, 2.24) is 0 Å². The van der Waals surface area contributed by atoms with Crippen LogP contribution in [0.15, 0.2) is 16.6 Å². The van der Waals surface area contributed by atoms with E-state index in [1.54, 1.807) is 0 Å². The standard InChI is InChI=1S/C13H17BrN2/c1-9-6-10(14)7-12-13(9)15-8-11-4-2-3-5-16(11)12/h6-7,11,15H,2-5,8H2,1H3. The van der Waals surface area contributed by atoms with Crippen LogP contribution in [-0.4, -0.2) is 19.1 Å². The monoisotopic (exact) mass is 280 g/mol. The van der Waals surface area contributed by atoms with Crippen LogP contribution in [0.3, 0.4) is 0 Å². The Balaban J connectivity index is 2.06. The van der Waals surface area contributed by atoms with E-state index in [1.165, 1.54) is 47.2 Å². The highest BCUT2D eigenvalue weighted by Crippen LogP contribution is 2.39. The van der Waals surface area contributed by atoms with Gasteiger partial charge in [0.1, 0.15) is 0 Å². The number of nitrogens with zero attached hydrogens (tertiary/aromatic N) is 1. The van der Waals surface area contributed by atoms with E-state index in [0.717, 1.165) is 6.54 Å². The van der Waals surface area contributed by atoms with E-state index in [0.29, 0.717) is 6.04 Å². The van der Waals surface area contributed by atoms with Gasteiger partial charge in [-0.1, -0.05) is 15.9 Å². The summed E-state index contributed by atoms with van der Waals surface area (Å²) >= 11 is 3.60. The van der Waals surface area contributed by atoms with Crippen molar-refractivity contribution in [3.05, 3.63) is 22.2 Å². The highest BCUT2D eigenvalue weighted by molar-refractivity contribution is 9.10. The molecule has 2 heterocycles. The van der Waals surface area contributed by atoms with Crippen molar-refractivity contribution in [1.29, 1.82) is 0 Å². The molecule has 1 atom stereocenters. The van der Waals surface area contributed by atoms with Crippen LogP contribution in [0.25, 0.3) is 0 Å². The summed E-state index contributed by atoms with van der Waals surface area (Å²) in [5.74, 6) is 0. The van der Waals surface area contributed by atoms with E-state index < -0.39 is 0 Å². The van der Waals surface area contributed by atoms with E-state index in [1.807, 2.05) is 0 Å². The minimum atomic E-state index is 0.704. The second-order valence-corrected chi connectivity index (χ2v) is 5.76. The first-order chi connectivity index (χ1) is 7.75. The topological polar surface area (TPSA) is 15.3 Å². The quantitative estimate of drug-likeness (QED) is 0.782. The fraction of sp³-hybridized carbons (Fsp3) is 0.538. The van der Waals surface area contributed by atoms with Crippen LogP contribution in [0.1, 0.15) is 24.8 Å². The third-order valence-electron chi connectivity index (χ3n) is 3.73. The largest absolute Gasteiger partial charge is 0.381 e. The van der Waals surface area contributed by atoms with Gasteiger partial charge in [0.2, 0.25) is 0 Å². The van der Waals surface area contributed by atoms with Crippen LogP contribution < -0.4 is 10.2 Å². The summed E-state index contributed by atoms with van der Waals surface area (Å²) in [7, 11) is 0. The molecule has 0 radical (unpaired) electrons. The number of piperidine rings is 1. The van der Waals surface area contributed by atoms with Crippen molar-refractivity contribution < 1.29 is 0 Å². The van der Waals surface area contributed by atoms with E-state index in [9.17, 15) is 0 Å². The molecule has 2 nitrogen and oxygen atoms in total. The minimum Gasteiger partial charge on any atom is -0.381 e. The van der Waals surface area contributed by atoms with Crippen LogP contribution in [-0.2, 0) is 0 Å². The molecule has 1 unspecified atom stereocenters. The van der Waals surface area contributed by atoms with Gasteiger partial charge in [0, 0.05) is 23.6 Å². The Hall–Kier alpha value is -0.700. The Labute approximate surface area is 105 Å². The summed E-state index contributed by atoms with van der Waals surface area (Å²) in [6.45, 7) is 4.51. The molecule has 0 aromatic heterocycles. The number of nitrogens with one attached hydrogen (secondary N) is 1. The number of anilines is 2. The van der Waals surface area contributed by atoms with Crippen molar-refractivity contribution in [3.8, 4) is 0 Å². The van der Waals surface area contributed by atoms with Crippen LogP contribution in [0.5, 0.6) is 0 Å². The van der Waals surface area contributed by atoms with Gasteiger partial charge in [0.05, 0.1) is 11.4 Å². The van der Waals surface area contributed by atoms with Gasteiger partial charge in [-0.2, -0.15) is 0 Å². The minimum absolute atomic E-state index is 0.704. The number of benzene rings is 1. The SMILES string of the molecule is Cc1cc(Br)cc2c1NCC1CCCCN21. The maximum atomic E-state index is 3.60. The third-order valence-corrected chi connectivity index (χ3v) is 4.19. The number of hydrogen-bond donors (Lipinski definition) is 1. The van der Waals surface area contributed by atoms with Gasteiger partial charge in [0.25, 0.3) is 0 Å². The summed E-state index contributed by atoms with van der Waals surface area (Å²) < 4.78 is 1.19. The molecule has 1 aromatic carbocycles. The first kappa shape index (κ1) is 10.5. The Morgan fingerprint density at radius 1 is 1.38 bits per heavy atom. The van der Waals surface area contributed by atoms with E-state index in [-0.39, 0.29) is 0 Å². The number of hydrogen-bond acceptors (Lipinski definition) is 2. The molecule has 16 heavy (non-hydrogen) atoms. The first-order valence-corrected chi connectivity index (χ1v) is 6.85. The lowest BCUT2D eigenvalue weighted by atomic mass is 9.97. The molecule has 0 amide bonds. The predicted molar refractivity (Wildman–Crippen MR) is 72.4 cm³/mol. The second-order valence-electron chi connectivity index (χ2n) is 4.84. The molecule has 1 N–H and O–H groups in total. The molecule has 2 aliphatic rings. The summed E-state index contributed by atoms with van der Waals surface area (Å²) in [6.07, 6.45) is 4.05. The Morgan fingerprint density at radius 3 is 3.12 bits per heavy atom. The Bertz CT molecular complexity index is 417. The summed E-state index contributed by atoms with van der Waals surface area (Å²) in [5, 5.41) is 3.59. The van der Waals surface area contributed by atoms with Gasteiger partial charge in [-0.25, -0.2) is 0 Å². The lowest BCUT2D eigenvalue weighted by molar-refractivity contribution is 0.466. The lowest BCUT2D eigenvalue weighted by Crippen LogP contribution is -2.47. The number of aryl methyl sites for hydroxylation is 1. The maximum Gasteiger partial charge on any atom is 0.0619 e. The van der Waals surface area contributed by atoms with Gasteiger partial charge < -0.3 is 10.2 Å². The van der Waals surface area contributed by atoms with E-state index >= 15 is 0 Å². The van der Waals surface area contributed by atoms with Crippen molar-refractivity contribution >= 4 is 27.3 Å². The second kappa shape index (κ2) is 3.95. The molecule has 1 fully saturated rings. The third kappa shape index (κ3) is 1.61. The molecule has 0 saturated carbocycles. The van der Waals surface area contributed by atoms with Crippen molar-refractivity contribution in [2.75, 3.05) is 23.3 Å². The fourth-order valence-corrected chi connectivity index (χ4v) is 3.49. The Morgan fingerprint density at radius 2 is 2.25 bits per heavy atom. The molecule has 86 valence electrons. The maximum absolute atomic E-state index is 3.60. The summed E-state index contributed by atoms with van der Waals surface area (Å²) in [5.41, 5.74) is 4.07. The highest BCUT2D eigenvalue weighted by Gasteiger charge is 2.29. The van der Waals surface area contributed by atoms with Gasteiger partial charge in [-0.15, -0.1) is 0 Å². The average Bonchev–Trinajstić information content (AvgIpc) is 2.28. The molecule has 0 bridgehead atoms. The molecule has 3 heteroatoms. The van der Waals surface area contributed by atoms with E-state index in [2.05, 4.69) is 45.2 Å². The average molecular weight is 281 g/mol. The van der Waals surface area contributed by atoms with E-state index in [4.69, 9.17) is 0 Å². The van der Waals surface area contributed by atoms with Crippen molar-refractivity contribution in [2.24, 2.45) is 0 Å². The zero-order valence-electron chi connectivity index (χ0n) is 9.59. The van der Waals surface area contributed by atoms with Crippen LogP contribution in [0, 0.1) is 6.92 Å². The molecule has 2 aliphatic heterocycles. The van der Waals surface area contributed by atoms with Crippen LogP contribution in [0.4, 0.5) is 11.4 Å². The lowest BCUT2D eigenvalue weighted by Gasteiger charge is -2.43. The predicted octanol–water partition coefficient (Wildman–Crippen LogP) is 3.54. The molecule has 1 aromatic rings. The molecular weight excluding hydrogens is 264 g/mol. The van der Waals surface area contributed by atoms with Gasteiger partial charge in [-0.3, -0.25) is 0 Å². The Kier molecular flexibility index (Phi) is 2.58. The number of fused-ring (bicyclic) bond motifs is 3. The first-order valence-electron chi connectivity index (χ1n) is 6.06. The van der Waals surface area contributed by atoms with Crippen LogP contribution >= 0.6 is 15.9 Å². The molecule has 3 rings (SSSR count). The number of halogens is 1. The molecule has 0 spiro atoms. The molecule has 1 saturated heterocycles. The normalized spacial score (nSPS) is 23.4. The fourth-order valence-electron chi connectivity index (χ4n) is 2.93. The van der Waals surface area contributed by atoms with Gasteiger partial charge >= 0.3 is 0 Å². The van der Waals surface area contributed by atoms with Gasteiger partial charge in [0.15, 0.2) is 0 Å². The zero-order chi connectivity index (χ0) is 11.1. The van der Waals surface area contributed by atoms with Crippen LogP contribution in [0.2, 0.25) is 0 Å². The number of rotatable bonds is 0. The molecule has 0 aliphatic carbocycles. The molecular formula is C13H17BrN2. The smallest absolute Gasteiger partial charge is 0.0619 e. The summed E-state index contributed by atoms with van der Waals surface area (Å²) in [4.78, 5) is 2.59. The van der Waals surface area contributed by atoms with Crippen molar-refractivity contribution in [3.63, 3.8) is 0 Å². The van der Waals surface area contributed by atoms with Gasteiger partial charge in [-0.05, 0) is 43.9 Å². The van der Waals surface area contributed by atoms with Crippen molar-refractivity contribution in [2.45, 2.75) is 32.2 Å². The highest BCUT2D eigenvalue weighted by atomic mass is 79.9. The zero-order valence-corrected chi connectivity index (χ0v) is 11.2. The summed E-state index contributed by atoms with van der Waals surface area (Å²) in [6, 6.07) is 5.15.